The molecular weight excluding hydrogens is 737 g/mol. The largest absolute Gasteiger partial charge is 0.493 e. The number of benzene rings is 2. The van der Waals surface area contributed by atoms with E-state index in [-0.39, 0.29) is 30.8 Å². The van der Waals surface area contributed by atoms with E-state index in [1.807, 2.05) is 0 Å². The van der Waals surface area contributed by atoms with Gasteiger partial charge in [-0.15, -0.1) is 0 Å². The van der Waals surface area contributed by atoms with Crippen molar-refractivity contribution in [2.45, 2.75) is 105 Å². The lowest BCUT2D eigenvalue weighted by Gasteiger charge is -2.47. The second kappa shape index (κ2) is 20.1. The van der Waals surface area contributed by atoms with Gasteiger partial charge >= 0.3 is 11.9 Å². The molecule has 0 radical (unpaired) electrons. The monoisotopic (exact) mass is 809 g/mol. The third-order valence-electron chi connectivity index (χ3n) is 13.0. The number of fused-ring (bicyclic) bond motifs is 6. The van der Waals surface area contributed by atoms with E-state index < -0.39 is 11.4 Å². The second-order valence-electron chi connectivity index (χ2n) is 18.9. The summed E-state index contributed by atoms with van der Waals surface area (Å²) in [4.78, 5) is 28.9. The van der Waals surface area contributed by atoms with E-state index in [4.69, 9.17) is 28.8 Å². The standard InChI is InChI=1S/C27H41NO6.C20H31NO3/c1-17(2)9-19-15-28-8-7-18-11-23(32-5)24(33-6)12-21(18)22(28)10-20(19)16-34-26(31)14-27(3,4)13-25(29)30;1-13(2)7-15-11-21-6-5-14-9-19(23-3)20(24-4)10-17(14)18(21)8-16(15)12-22/h11-12,17,19-20,22H,7-10,13-16H2,1-6H3,(H,29,30);9-10,13,15-16,18,22H,5-8,11-12H2,1-4H3/t19-,20+,22-;15-,16+,18-/m11/s1. The zero-order valence-electron chi connectivity index (χ0n) is 37.0. The van der Waals surface area contributed by atoms with Gasteiger partial charge in [-0.1, -0.05) is 41.5 Å². The van der Waals surface area contributed by atoms with Gasteiger partial charge in [0.25, 0.3) is 0 Å². The Morgan fingerprint density at radius 3 is 1.53 bits per heavy atom. The zero-order valence-corrected chi connectivity index (χ0v) is 37.0. The van der Waals surface area contributed by atoms with Crippen molar-refractivity contribution in [3.05, 3.63) is 46.5 Å². The smallest absolute Gasteiger partial charge is 0.306 e. The van der Waals surface area contributed by atoms with Crippen LogP contribution in [0.15, 0.2) is 24.3 Å². The van der Waals surface area contributed by atoms with E-state index in [0.29, 0.717) is 48.8 Å². The predicted molar refractivity (Wildman–Crippen MR) is 226 cm³/mol. The molecule has 0 amide bonds. The number of nitrogens with zero attached hydrogens (tertiary/aromatic N) is 2. The molecular formula is C47H72N2O9. The summed E-state index contributed by atoms with van der Waals surface area (Å²) in [5.74, 6) is 4.89. The number of methoxy groups -OCH3 is 4. The lowest BCUT2D eigenvalue weighted by molar-refractivity contribution is -0.150. The van der Waals surface area contributed by atoms with Gasteiger partial charge < -0.3 is 33.9 Å². The lowest BCUT2D eigenvalue weighted by atomic mass is 9.74. The SMILES string of the molecule is COc1cc2c(cc1OC)[C@H]1C[C@@H](CO)[C@H](CC(C)C)CN1CC2.COc1cc2c(cc1OC)[C@H]1C[C@@H](COC(=O)CC(C)(C)CC(=O)O)[C@H](CC(C)C)CN1CC2. The van der Waals surface area contributed by atoms with Crippen LogP contribution in [0.3, 0.4) is 0 Å². The molecule has 0 aromatic heterocycles. The molecule has 11 nitrogen and oxygen atoms in total. The Balaban J connectivity index is 0.000000234. The maximum atomic E-state index is 12.6. The van der Waals surface area contributed by atoms with Crippen LogP contribution in [0.4, 0.5) is 0 Å². The average molecular weight is 809 g/mol. The van der Waals surface area contributed by atoms with Crippen molar-refractivity contribution in [2.24, 2.45) is 40.9 Å². The fourth-order valence-electron chi connectivity index (χ4n) is 10.3. The molecule has 4 aliphatic heterocycles. The molecule has 6 rings (SSSR count). The van der Waals surface area contributed by atoms with Gasteiger partial charge in [0.05, 0.1) is 47.9 Å². The molecule has 4 aliphatic rings. The van der Waals surface area contributed by atoms with Crippen molar-refractivity contribution in [3.8, 4) is 23.0 Å². The summed E-state index contributed by atoms with van der Waals surface area (Å²) in [6.45, 7) is 17.5. The van der Waals surface area contributed by atoms with Crippen LogP contribution in [0.1, 0.15) is 114 Å². The normalized spacial score (nSPS) is 24.4. The van der Waals surface area contributed by atoms with E-state index in [1.165, 1.54) is 28.7 Å². The zero-order chi connectivity index (χ0) is 42.3. The highest BCUT2D eigenvalue weighted by atomic mass is 16.5. The molecule has 0 unspecified atom stereocenters. The molecule has 11 heteroatoms. The Morgan fingerprint density at radius 2 is 1.12 bits per heavy atom. The van der Waals surface area contributed by atoms with Crippen molar-refractivity contribution in [1.82, 2.24) is 9.80 Å². The van der Waals surface area contributed by atoms with Crippen LogP contribution in [0, 0.1) is 40.9 Å². The first-order valence-electron chi connectivity index (χ1n) is 21.6. The quantitative estimate of drug-likeness (QED) is 0.170. The minimum atomic E-state index is -0.898. The van der Waals surface area contributed by atoms with Gasteiger partial charge in [-0.25, -0.2) is 0 Å². The number of aliphatic carboxylic acids is 1. The van der Waals surface area contributed by atoms with Crippen molar-refractivity contribution in [2.75, 3.05) is 67.8 Å². The van der Waals surface area contributed by atoms with Crippen molar-refractivity contribution in [1.29, 1.82) is 0 Å². The number of rotatable bonds is 15. The lowest BCUT2D eigenvalue weighted by Crippen LogP contribution is -2.47. The molecule has 324 valence electrons. The van der Waals surface area contributed by atoms with Gasteiger partial charge in [0.1, 0.15) is 0 Å². The molecule has 2 aromatic carbocycles. The Labute approximate surface area is 347 Å². The van der Waals surface area contributed by atoms with Gasteiger partial charge in [0.2, 0.25) is 0 Å². The van der Waals surface area contributed by atoms with Crippen molar-refractivity contribution < 1.29 is 43.5 Å². The average Bonchev–Trinajstić information content (AvgIpc) is 3.17. The highest BCUT2D eigenvalue weighted by molar-refractivity contribution is 5.73. The number of carbonyl (C=O) groups excluding carboxylic acids is 1. The first kappa shape index (κ1) is 45.5. The summed E-state index contributed by atoms with van der Waals surface area (Å²) in [5, 5.41) is 19.0. The molecule has 2 N–H and O–H groups in total. The van der Waals surface area contributed by atoms with E-state index in [9.17, 15) is 14.7 Å². The molecule has 6 atom stereocenters. The van der Waals surface area contributed by atoms with Crippen molar-refractivity contribution in [3.63, 3.8) is 0 Å². The number of hydrogen-bond acceptors (Lipinski definition) is 10. The number of ether oxygens (including phenoxy) is 5. The third-order valence-corrected chi connectivity index (χ3v) is 13.0. The summed E-state index contributed by atoms with van der Waals surface area (Å²) in [6.07, 6.45) is 6.35. The van der Waals surface area contributed by atoms with E-state index in [2.05, 4.69) is 61.8 Å². The van der Waals surface area contributed by atoms with E-state index in [1.54, 1.807) is 42.3 Å². The van der Waals surface area contributed by atoms with Crippen LogP contribution in [-0.2, 0) is 27.2 Å². The highest BCUT2D eigenvalue weighted by Gasteiger charge is 2.41. The first-order chi connectivity index (χ1) is 27.6. The van der Waals surface area contributed by atoms with Crippen LogP contribution < -0.4 is 18.9 Å². The molecule has 0 aliphatic carbocycles. The number of carboxylic acid groups (broad SMARTS) is 1. The first-order valence-corrected chi connectivity index (χ1v) is 21.6. The molecule has 2 fully saturated rings. The maximum absolute atomic E-state index is 12.6. The summed E-state index contributed by atoms with van der Waals surface area (Å²) in [6, 6.07) is 9.17. The molecule has 0 saturated carbocycles. The summed E-state index contributed by atoms with van der Waals surface area (Å²) < 4.78 is 27.8. The minimum Gasteiger partial charge on any atom is -0.493 e. The molecule has 58 heavy (non-hydrogen) atoms. The number of aliphatic hydroxyl groups excluding tert-OH is 1. The second-order valence-corrected chi connectivity index (χ2v) is 18.9. The van der Waals surface area contributed by atoms with Crippen LogP contribution in [0.25, 0.3) is 0 Å². The minimum absolute atomic E-state index is 0.0549. The molecule has 0 spiro atoms. The van der Waals surface area contributed by atoms with Gasteiger partial charge in [-0.3, -0.25) is 19.4 Å². The van der Waals surface area contributed by atoms with Crippen LogP contribution >= 0.6 is 0 Å². The van der Waals surface area contributed by atoms with E-state index >= 15 is 0 Å². The Morgan fingerprint density at radius 1 is 0.690 bits per heavy atom. The van der Waals surface area contributed by atoms with Crippen LogP contribution in [-0.4, -0.2) is 99.8 Å². The number of aliphatic hydroxyl groups is 1. The van der Waals surface area contributed by atoms with Gasteiger partial charge in [-0.05, 0) is 126 Å². The van der Waals surface area contributed by atoms with Crippen LogP contribution in [0.5, 0.6) is 23.0 Å². The fraction of sp³-hybridized carbons (Fsp3) is 0.702. The number of esters is 1. The number of carboxylic acids is 1. The summed E-state index contributed by atoms with van der Waals surface area (Å²) >= 11 is 0. The Hall–Kier alpha value is -3.54. The number of hydrogen-bond donors (Lipinski definition) is 2. The molecule has 2 saturated heterocycles. The highest BCUT2D eigenvalue weighted by Crippen LogP contribution is 2.47. The topological polar surface area (TPSA) is 127 Å². The number of carbonyl (C=O) groups is 2. The Bertz CT molecular complexity index is 1690. The third kappa shape index (κ3) is 11.2. The molecule has 0 bridgehead atoms. The van der Waals surface area contributed by atoms with Gasteiger partial charge in [-0.2, -0.15) is 0 Å². The fourth-order valence-corrected chi connectivity index (χ4v) is 10.3. The Kier molecular flexibility index (Phi) is 15.8. The maximum Gasteiger partial charge on any atom is 0.306 e. The summed E-state index contributed by atoms with van der Waals surface area (Å²) in [7, 11) is 6.72. The van der Waals surface area contributed by atoms with Crippen molar-refractivity contribution >= 4 is 11.9 Å². The van der Waals surface area contributed by atoms with Crippen LogP contribution in [0.2, 0.25) is 0 Å². The van der Waals surface area contributed by atoms with Gasteiger partial charge in [0.15, 0.2) is 23.0 Å². The molecule has 4 heterocycles. The summed E-state index contributed by atoms with van der Waals surface area (Å²) in [5.41, 5.74) is 4.69. The number of piperidine rings is 2. The van der Waals surface area contributed by atoms with E-state index in [0.717, 1.165) is 81.3 Å². The molecule has 2 aromatic rings. The predicted octanol–water partition coefficient (Wildman–Crippen LogP) is 8.00. The van der Waals surface area contributed by atoms with Gasteiger partial charge in [0, 0.05) is 44.9 Å².